The Morgan fingerprint density at radius 1 is 1.17 bits per heavy atom. The van der Waals surface area contributed by atoms with Gasteiger partial charge in [0.15, 0.2) is 0 Å². The van der Waals surface area contributed by atoms with Crippen LogP contribution >= 0.6 is 7.60 Å². The molecule has 6 nitrogen and oxygen atoms in total. The molecule has 1 aromatic rings. The number of hydroxylamine groups is 1. The number of nitrogens with zero attached hydrogens (tertiary/aromatic N) is 1. The van der Waals surface area contributed by atoms with Gasteiger partial charge < -0.3 is 13.5 Å². The number of aryl methyl sites for hydroxylation is 1. The van der Waals surface area contributed by atoms with Crippen LogP contribution in [0.4, 0.5) is 5.69 Å². The van der Waals surface area contributed by atoms with Gasteiger partial charge in [0.2, 0.25) is 14.2 Å². The fraction of sp³-hybridized carbons (Fsp3) is 0.619. The van der Waals surface area contributed by atoms with Gasteiger partial charge >= 0.3 is 7.60 Å². The first-order valence-corrected chi connectivity index (χ1v) is 14.7. The van der Waals surface area contributed by atoms with Crippen molar-refractivity contribution in [3.8, 4) is 0 Å². The van der Waals surface area contributed by atoms with Gasteiger partial charge in [0.25, 0.3) is 0 Å². The van der Waals surface area contributed by atoms with Crippen LogP contribution in [-0.2, 0) is 22.9 Å². The minimum absolute atomic E-state index is 0.0403. The van der Waals surface area contributed by atoms with Crippen molar-refractivity contribution in [2.45, 2.75) is 65.5 Å². The molecule has 0 fully saturated rings. The third kappa shape index (κ3) is 5.73. The van der Waals surface area contributed by atoms with E-state index in [1.165, 1.54) is 0 Å². The summed E-state index contributed by atoms with van der Waals surface area (Å²) < 4.78 is 31.1. The summed E-state index contributed by atoms with van der Waals surface area (Å²) in [6.07, 6.45) is 1.78. The fourth-order valence-electron chi connectivity index (χ4n) is 2.78. The van der Waals surface area contributed by atoms with E-state index in [0.717, 1.165) is 17.0 Å². The van der Waals surface area contributed by atoms with Gasteiger partial charge in [-0.2, -0.15) is 0 Å². The van der Waals surface area contributed by atoms with Crippen LogP contribution in [0.3, 0.4) is 0 Å². The Kier molecular flexibility index (Phi) is 7.79. The maximum absolute atomic E-state index is 13.5. The molecule has 0 saturated carbocycles. The Balaban J connectivity index is 2.45. The molecule has 1 aromatic carbocycles. The van der Waals surface area contributed by atoms with E-state index in [4.69, 9.17) is 18.3 Å². The van der Waals surface area contributed by atoms with Crippen molar-refractivity contribution in [1.82, 2.24) is 0 Å². The van der Waals surface area contributed by atoms with E-state index >= 15 is 0 Å². The first kappa shape index (κ1) is 24.2. The highest BCUT2D eigenvalue weighted by molar-refractivity contribution is 7.54. The molecule has 1 atom stereocenters. The lowest BCUT2D eigenvalue weighted by Gasteiger charge is -2.41. The van der Waals surface area contributed by atoms with Gasteiger partial charge in [-0.1, -0.05) is 39.0 Å². The van der Waals surface area contributed by atoms with Crippen molar-refractivity contribution in [3.05, 3.63) is 41.7 Å². The zero-order chi connectivity index (χ0) is 21.9. The van der Waals surface area contributed by atoms with Gasteiger partial charge in [-0.15, -0.1) is 0 Å². The van der Waals surface area contributed by atoms with Gasteiger partial charge in [0.05, 0.1) is 18.9 Å². The molecule has 1 aliphatic heterocycles. The molecule has 0 spiro atoms. The van der Waals surface area contributed by atoms with Gasteiger partial charge in [0.1, 0.15) is 12.3 Å². The second-order valence-corrected chi connectivity index (χ2v) is 15.5. The van der Waals surface area contributed by atoms with Crippen molar-refractivity contribution in [3.63, 3.8) is 0 Å². The third-order valence-electron chi connectivity index (χ3n) is 5.37. The first-order valence-electron chi connectivity index (χ1n) is 10.2. The largest absolute Gasteiger partial charge is 0.545 e. The molecule has 0 aliphatic carbocycles. The average Bonchev–Trinajstić information content (AvgIpc) is 2.61. The predicted octanol–water partition coefficient (Wildman–Crippen LogP) is 6.24. The molecule has 0 radical (unpaired) electrons. The van der Waals surface area contributed by atoms with E-state index in [2.05, 4.69) is 33.9 Å². The highest BCUT2D eigenvalue weighted by atomic mass is 31.2. The fourth-order valence-corrected chi connectivity index (χ4v) is 5.54. The molecule has 8 heteroatoms. The summed E-state index contributed by atoms with van der Waals surface area (Å²) in [5.41, 5.74) is 1.96. The molecule has 2 rings (SSSR count). The second-order valence-electron chi connectivity index (χ2n) is 8.69. The van der Waals surface area contributed by atoms with Crippen LogP contribution < -0.4 is 5.06 Å². The summed E-state index contributed by atoms with van der Waals surface area (Å²) in [6, 6.07) is 7.94. The van der Waals surface area contributed by atoms with Crippen molar-refractivity contribution < 1.29 is 22.9 Å². The lowest BCUT2D eigenvalue weighted by Crippen LogP contribution is -2.44. The molecule has 1 aliphatic rings. The molecule has 0 saturated heterocycles. The smallest absolute Gasteiger partial charge is 0.365 e. The Hall–Kier alpha value is -1.11. The van der Waals surface area contributed by atoms with E-state index in [1.54, 1.807) is 25.0 Å². The number of anilines is 1. The van der Waals surface area contributed by atoms with Crippen LogP contribution in [0.1, 0.15) is 40.2 Å². The van der Waals surface area contributed by atoms with Crippen molar-refractivity contribution >= 4 is 21.6 Å². The quantitative estimate of drug-likeness (QED) is 0.351. The van der Waals surface area contributed by atoms with E-state index in [-0.39, 0.29) is 18.3 Å². The van der Waals surface area contributed by atoms with E-state index < -0.39 is 21.8 Å². The predicted molar refractivity (Wildman–Crippen MR) is 121 cm³/mol. The zero-order valence-corrected chi connectivity index (χ0v) is 20.9. The summed E-state index contributed by atoms with van der Waals surface area (Å²) in [5.74, 6) is -0.119. The molecule has 1 heterocycles. The number of para-hydroxylation sites is 1. The molecule has 0 N–H and O–H groups in total. The summed E-state index contributed by atoms with van der Waals surface area (Å²) in [5, 5.41) is 1.78. The van der Waals surface area contributed by atoms with Crippen LogP contribution in [0.15, 0.2) is 36.1 Å². The van der Waals surface area contributed by atoms with E-state index in [1.807, 2.05) is 31.2 Å². The third-order valence-corrected chi connectivity index (χ3v) is 11.9. The minimum Gasteiger partial charge on any atom is -0.545 e. The molecule has 0 aromatic heterocycles. The SMILES string of the molecule is CCOP(=O)(OCC)C1C=C(O[Si](C)(C)C(C)(C)C)CN(c2ccccc2C)O1. The molecular weight excluding hydrogens is 405 g/mol. The first-order chi connectivity index (χ1) is 13.4. The lowest BCUT2D eigenvalue weighted by atomic mass is 10.2. The van der Waals surface area contributed by atoms with Crippen LogP contribution in [0.2, 0.25) is 18.1 Å². The molecular formula is C21H36NO5PSi. The minimum atomic E-state index is -3.52. The Morgan fingerprint density at radius 3 is 2.28 bits per heavy atom. The summed E-state index contributed by atoms with van der Waals surface area (Å²) in [4.78, 5) is 6.13. The van der Waals surface area contributed by atoms with Gasteiger partial charge in [-0.3, -0.25) is 9.40 Å². The maximum Gasteiger partial charge on any atom is 0.365 e. The van der Waals surface area contributed by atoms with Crippen molar-refractivity contribution in [1.29, 1.82) is 0 Å². The zero-order valence-electron chi connectivity index (χ0n) is 19.0. The Morgan fingerprint density at radius 2 is 1.76 bits per heavy atom. The highest BCUT2D eigenvalue weighted by Gasteiger charge is 2.44. The summed E-state index contributed by atoms with van der Waals surface area (Å²) in [7, 11) is -5.60. The summed E-state index contributed by atoms with van der Waals surface area (Å²) in [6.45, 7) is 17.6. The monoisotopic (exact) mass is 441 g/mol. The van der Waals surface area contributed by atoms with Crippen LogP contribution in [0.5, 0.6) is 0 Å². The maximum atomic E-state index is 13.5. The van der Waals surface area contributed by atoms with Gasteiger partial charge in [0, 0.05) is 0 Å². The number of hydrogen-bond donors (Lipinski definition) is 0. The molecule has 0 amide bonds. The van der Waals surface area contributed by atoms with Crippen LogP contribution in [0, 0.1) is 6.92 Å². The van der Waals surface area contributed by atoms with E-state index in [0.29, 0.717) is 6.54 Å². The lowest BCUT2D eigenvalue weighted by molar-refractivity contribution is 0.0619. The van der Waals surface area contributed by atoms with Gasteiger partial charge in [-0.25, -0.2) is 5.06 Å². The van der Waals surface area contributed by atoms with Gasteiger partial charge in [-0.05, 0) is 56.6 Å². The Bertz CT molecular complexity index is 765. The highest BCUT2D eigenvalue weighted by Crippen LogP contribution is 2.56. The molecule has 1 unspecified atom stereocenters. The number of hydrogen-bond acceptors (Lipinski definition) is 6. The van der Waals surface area contributed by atoms with Crippen LogP contribution in [0.25, 0.3) is 0 Å². The Labute approximate surface area is 176 Å². The second kappa shape index (κ2) is 9.35. The number of benzene rings is 1. The van der Waals surface area contributed by atoms with Crippen LogP contribution in [-0.4, -0.2) is 33.9 Å². The van der Waals surface area contributed by atoms with Crippen molar-refractivity contribution in [2.75, 3.05) is 24.8 Å². The molecule has 29 heavy (non-hydrogen) atoms. The van der Waals surface area contributed by atoms with E-state index in [9.17, 15) is 4.57 Å². The topological polar surface area (TPSA) is 57.2 Å². The standard InChI is InChI=1S/C21H36NO5PSi/c1-9-24-28(23,25-10-2)20-15-18(27-29(7,8)21(4,5)6)16-22(26-20)19-14-12-11-13-17(19)3/h11-15,20H,9-10,16H2,1-8H3. The summed E-state index contributed by atoms with van der Waals surface area (Å²) >= 11 is 0. The van der Waals surface area contributed by atoms with Crippen molar-refractivity contribution in [2.24, 2.45) is 0 Å². The average molecular weight is 442 g/mol. The molecule has 0 bridgehead atoms. The molecule has 164 valence electrons. The normalized spacial score (nSPS) is 18.6. The number of rotatable bonds is 8.